The molecular weight excluding hydrogens is 311 g/mol. The SMILES string of the molecule is CN(C)CCN=C(CCC=O)c1ccc(Cl)c(Cl)c1.CO. The molecular formula is C15H22Cl2N2O2. The van der Waals surface area contributed by atoms with Gasteiger partial charge in [0.25, 0.3) is 0 Å². The molecule has 0 aliphatic rings. The summed E-state index contributed by atoms with van der Waals surface area (Å²) >= 11 is 11.9. The van der Waals surface area contributed by atoms with Gasteiger partial charge in [-0.05, 0) is 38.2 Å². The predicted octanol–water partition coefficient (Wildman–Crippen LogP) is 2.93. The number of aliphatic hydroxyl groups excluding tert-OH is 1. The van der Waals surface area contributed by atoms with E-state index in [1.807, 2.05) is 20.2 Å². The lowest BCUT2D eigenvalue weighted by molar-refractivity contribution is -0.107. The number of hydrogen-bond acceptors (Lipinski definition) is 4. The van der Waals surface area contributed by atoms with Crippen LogP contribution in [-0.4, -0.2) is 56.3 Å². The van der Waals surface area contributed by atoms with E-state index >= 15 is 0 Å². The number of aliphatic imine (C=N–C) groups is 1. The summed E-state index contributed by atoms with van der Waals surface area (Å²) in [5.74, 6) is 0. The van der Waals surface area contributed by atoms with Crippen molar-refractivity contribution in [3.05, 3.63) is 33.8 Å². The number of aldehydes is 1. The number of nitrogens with zero attached hydrogens (tertiary/aromatic N) is 2. The first-order chi connectivity index (χ1) is 10.0. The van der Waals surface area contributed by atoms with Crippen LogP contribution >= 0.6 is 23.2 Å². The Balaban J connectivity index is 0.00000191. The van der Waals surface area contributed by atoms with E-state index in [9.17, 15) is 4.79 Å². The Morgan fingerprint density at radius 3 is 2.48 bits per heavy atom. The van der Waals surface area contributed by atoms with Gasteiger partial charge in [0.05, 0.1) is 16.6 Å². The van der Waals surface area contributed by atoms with Crippen LogP contribution in [0.1, 0.15) is 18.4 Å². The van der Waals surface area contributed by atoms with E-state index in [4.69, 9.17) is 28.3 Å². The molecule has 0 saturated heterocycles. The highest BCUT2D eigenvalue weighted by molar-refractivity contribution is 6.42. The van der Waals surface area contributed by atoms with E-state index in [1.165, 1.54) is 0 Å². The summed E-state index contributed by atoms with van der Waals surface area (Å²) in [4.78, 5) is 17.2. The zero-order chi connectivity index (χ0) is 16.3. The van der Waals surface area contributed by atoms with E-state index in [1.54, 1.807) is 12.1 Å². The molecule has 118 valence electrons. The minimum atomic E-state index is 0.459. The van der Waals surface area contributed by atoms with Crippen molar-refractivity contribution in [1.82, 2.24) is 4.90 Å². The molecule has 0 amide bonds. The van der Waals surface area contributed by atoms with Crippen molar-refractivity contribution in [2.24, 2.45) is 4.99 Å². The maximum Gasteiger partial charge on any atom is 0.120 e. The zero-order valence-corrected chi connectivity index (χ0v) is 14.2. The first-order valence-electron chi connectivity index (χ1n) is 6.56. The third kappa shape index (κ3) is 8.17. The molecule has 1 rings (SSSR count). The molecule has 4 nitrogen and oxygen atoms in total. The van der Waals surface area contributed by atoms with Crippen LogP contribution in [-0.2, 0) is 4.79 Å². The number of halogens is 2. The zero-order valence-electron chi connectivity index (χ0n) is 12.6. The topological polar surface area (TPSA) is 52.9 Å². The summed E-state index contributed by atoms with van der Waals surface area (Å²) in [5, 5.41) is 8.03. The second kappa shape index (κ2) is 11.7. The third-order valence-corrected chi connectivity index (χ3v) is 3.34. The molecule has 0 radical (unpaired) electrons. The lowest BCUT2D eigenvalue weighted by Gasteiger charge is -2.10. The molecule has 0 spiro atoms. The van der Waals surface area contributed by atoms with E-state index in [2.05, 4.69) is 9.89 Å². The van der Waals surface area contributed by atoms with Crippen LogP contribution in [0.4, 0.5) is 0 Å². The van der Waals surface area contributed by atoms with Gasteiger partial charge in [-0.15, -0.1) is 0 Å². The molecule has 1 aromatic rings. The molecule has 0 heterocycles. The van der Waals surface area contributed by atoms with Gasteiger partial charge in [-0.3, -0.25) is 4.99 Å². The van der Waals surface area contributed by atoms with Gasteiger partial charge in [-0.25, -0.2) is 0 Å². The molecule has 0 bridgehead atoms. The monoisotopic (exact) mass is 332 g/mol. The molecule has 0 saturated carbocycles. The minimum Gasteiger partial charge on any atom is -0.400 e. The van der Waals surface area contributed by atoms with Crippen molar-refractivity contribution in [2.75, 3.05) is 34.3 Å². The van der Waals surface area contributed by atoms with Gasteiger partial charge in [0.15, 0.2) is 0 Å². The molecule has 0 aliphatic carbocycles. The summed E-state index contributed by atoms with van der Waals surface area (Å²) < 4.78 is 0. The number of likely N-dealkylation sites (N-methyl/N-ethyl adjacent to an activating group) is 1. The Hall–Kier alpha value is -0.940. The van der Waals surface area contributed by atoms with Gasteiger partial charge < -0.3 is 14.8 Å². The maximum absolute atomic E-state index is 10.5. The van der Waals surface area contributed by atoms with Gasteiger partial charge in [-0.2, -0.15) is 0 Å². The highest BCUT2D eigenvalue weighted by atomic mass is 35.5. The van der Waals surface area contributed by atoms with Gasteiger partial charge >= 0.3 is 0 Å². The number of carbonyl (C=O) groups excluding carboxylic acids is 1. The Kier molecular flexibility index (Phi) is 11.2. The summed E-state index contributed by atoms with van der Waals surface area (Å²) in [6, 6.07) is 5.43. The lowest BCUT2D eigenvalue weighted by Crippen LogP contribution is -2.16. The fourth-order valence-corrected chi connectivity index (χ4v) is 1.87. The van der Waals surface area contributed by atoms with Crippen molar-refractivity contribution in [2.45, 2.75) is 12.8 Å². The molecule has 0 aromatic heterocycles. The van der Waals surface area contributed by atoms with Crippen LogP contribution in [0.15, 0.2) is 23.2 Å². The number of rotatable bonds is 7. The Labute approximate surface area is 136 Å². The van der Waals surface area contributed by atoms with Crippen molar-refractivity contribution in [3.63, 3.8) is 0 Å². The average molecular weight is 333 g/mol. The summed E-state index contributed by atoms with van der Waals surface area (Å²) in [7, 11) is 5.00. The predicted molar refractivity (Wildman–Crippen MR) is 89.9 cm³/mol. The number of aliphatic hydroxyl groups is 1. The van der Waals surface area contributed by atoms with Crippen molar-refractivity contribution in [3.8, 4) is 0 Å². The molecule has 1 N–H and O–H groups in total. The summed E-state index contributed by atoms with van der Waals surface area (Å²) in [6.07, 6.45) is 1.98. The molecule has 0 atom stereocenters. The van der Waals surface area contributed by atoms with Crippen molar-refractivity contribution in [1.29, 1.82) is 0 Å². The van der Waals surface area contributed by atoms with Gasteiger partial charge in [0.2, 0.25) is 0 Å². The Morgan fingerprint density at radius 1 is 1.29 bits per heavy atom. The fourth-order valence-electron chi connectivity index (χ4n) is 1.57. The maximum atomic E-state index is 10.5. The van der Waals surface area contributed by atoms with Crippen LogP contribution in [0.3, 0.4) is 0 Å². The highest BCUT2D eigenvalue weighted by Gasteiger charge is 2.06. The minimum absolute atomic E-state index is 0.459. The van der Waals surface area contributed by atoms with E-state index in [0.29, 0.717) is 29.4 Å². The summed E-state index contributed by atoms with van der Waals surface area (Å²) in [5.41, 5.74) is 1.82. The standard InChI is InChI=1S/C14H18Cl2N2O.CH4O/c1-18(2)8-7-17-14(4-3-9-19)11-5-6-12(15)13(16)10-11;1-2/h5-6,9-10H,3-4,7-8H2,1-2H3;2H,1H3. The van der Waals surface area contributed by atoms with Crippen LogP contribution < -0.4 is 0 Å². The molecule has 1 aromatic carbocycles. The van der Waals surface area contributed by atoms with Crippen LogP contribution in [0.25, 0.3) is 0 Å². The van der Waals surface area contributed by atoms with Gasteiger partial charge in [-0.1, -0.05) is 29.3 Å². The van der Waals surface area contributed by atoms with Crippen LogP contribution in [0, 0.1) is 0 Å². The number of benzene rings is 1. The molecule has 0 fully saturated rings. The fraction of sp³-hybridized carbons (Fsp3) is 0.467. The number of carbonyl (C=O) groups is 1. The van der Waals surface area contributed by atoms with Crippen molar-refractivity contribution < 1.29 is 9.90 Å². The van der Waals surface area contributed by atoms with Crippen LogP contribution in [0.5, 0.6) is 0 Å². The van der Waals surface area contributed by atoms with Crippen molar-refractivity contribution >= 4 is 35.2 Å². The normalized spacial score (nSPS) is 11.1. The second-order valence-electron chi connectivity index (χ2n) is 4.47. The molecule has 21 heavy (non-hydrogen) atoms. The highest BCUT2D eigenvalue weighted by Crippen LogP contribution is 2.23. The first kappa shape index (κ1) is 20.1. The summed E-state index contributed by atoms with van der Waals surface area (Å²) in [6.45, 7) is 1.56. The van der Waals surface area contributed by atoms with Crippen LogP contribution in [0.2, 0.25) is 10.0 Å². The quantitative estimate of drug-likeness (QED) is 0.617. The third-order valence-electron chi connectivity index (χ3n) is 2.60. The lowest BCUT2D eigenvalue weighted by atomic mass is 10.1. The second-order valence-corrected chi connectivity index (χ2v) is 5.28. The smallest absolute Gasteiger partial charge is 0.120 e. The Bertz CT molecular complexity index is 463. The van der Waals surface area contributed by atoms with Gasteiger partial charge in [0, 0.05) is 25.8 Å². The number of hydrogen-bond donors (Lipinski definition) is 1. The first-order valence-corrected chi connectivity index (χ1v) is 7.32. The molecule has 6 heteroatoms. The molecule has 0 aliphatic heterocycles. The largest absolute Gasteiger partial charge is 0.400 e. The van der Waals surface area contributed by atoms with E-state index in [0.717, 1.165) is 31.2 Å². The van der Waals surface area contributed by atoms with E-state index < -0.39 is 0 Å². The average Bonchev–Trinajstić information content (AvgIpc) is 2.47. The Morgan fingerprint density at radius 2 is 1.95 bits per heavy atom. The van der Waals surface area contributed by atoms with E-state index in [-0.39, 0.29) is 0 Å². The molecule has 0 unspecified atom stereocenters. The van der Waals surface area contributed by atoms with Gasteiger partial charge in [0.1, 0.15) is 6.29 Å².